The second kappa shape index (κ2) is 16.0. The zero-order chi connectivity index (χ0) is 35.5. The standard InChI is InChI=1S/C46H48N4O.Pt/c1-7-8-15-35-25-27-47-44(29-35)49-42-24-21-34(16-12-13-26-46(4,5)6)28-41(42)40-23-22-39(31-43(40)49)51-38-20-14-19-37(30-38)50-33(3)45(32(2)48-50)36-17-10-9-11-18-36;/h9-11,14,17-25,27-29H,7-8,12-13,15-16,26H2,1-6H3;/q-2;+2. The van der Waals surface area contributed by atoms with Gasteiger partial charge in [-0.15, -0.1) is 35.7 Å². The number of unbranched alkanes of at least 4 members (excludes halogenated alkanes) is 2. The van der Waals surface area contributed by atoms with E-state index in [2.05, 4.69) is 119 Å². The number of hydrogen-bond acceptors (Lipinski definition) is 3. The van der Waals surface area contributed by atoms with Gasteiger partial charge in [-0.25, -0.2) is 4.98 Å². The molecule has 0 saturated carbocycles. The molecule has 0 aliphatic rings. The van der Waals surface area contributed by atoms with Gasteiger partial charge in [-0.3, -0.25) is 4.68 Å². The Morgan fingerprint density at radius 3 is 2.31 bits per heavy atom. The van der Waals surface area contributed by atoms with Gasteiger partial charge >= 0.3 is 21.1 Å². The van der Waals surface area contributed by atoms with Gasteiger partial charge in [-0.2, -0.15) is 17.2 Å². The van der Waals surface area contributed by atoms with E-state index in [0.29, 0.717) is 16.9 Å². The van der Waals surface area contributed by atoms with E-state index in [0.717, 1.165) is 76.1 Å². The predicted octanol–water partition coefficient (Wildman–Crippen LogP) is 12.1. The van der Waals surface area contributed by atoms with Gasteiger partial charge < -0.3 is 9.30 Å². The van der Waals surface area contributed by atoms with Gasteiger partial charge in [-0.05, 0) is 97.3 Å². The Labute approximate surface area is 323 Å². The van der Waals surface area contributed by atoms with Crippen molar-refractivity contribution < 1.29 is 25.8 Å². The number of fused-ring (bicyclic) bond motifs is 3. The smallest absolute Gasteiger partial charge is 0.509 e. The van der Waals surface area contributed by atoms with Gasteiger partial charge in [0.05, 0.1) is 5.69 Å². The van der Waals surface area contributed by atoms with Gasteiger partial charge in [0.25, 0.3) is 0 Å². The minimum absolute atomic E-state index is 0. The first-order chi connectivity index (χ1) is 24.7. The van der Waals surface area contributed by atoms with Crippen molar-refractivity contribution in [1.82, 2.24) is 19.3 Å². The van der Waals surface area contributed by atoms with Crippen LogP contribution in [0.15, 0.2) is 97.2 Å². The molecule has 0 atom stereocenters. The number of rotatable bonds is 12. The Hall–Kier alpha value is -4.47. The number of aryl methyl sites for hydroxylation is 3. The summed E-state index contributed by atoms with van der Waals surface area (Å²) in [6.07, 6.45) is 10.0. The van der Waals surface area contributed by atoms with Crippen molar-refractivity contribution in [2.24, 2.45) is 5.41 Å². The third-order valence-electron chi connectivity index (χ3n) is 9.77. The molecule has 0 aliphatic carbocycles. The zero-order valence-electron chi connectivity index (χ0n) is 31.2. The van der Waals surface area contributed by atoms with Gasteiger partial charge in [-0.1, -0.05) is 88.5 Å². The van der Waals surface area contributed by atoms with Crippen molar-refractivity contribution in [2.75, 3.05) is 0 Å². The molecule has 4 aromatic carbocycles. The Bertz CT molecular complexity index is 2290. The molecule has 0 bridgehead atoms. The molecule has 7 aromatic rings. The summed E-state index contributed by atoms with van der Waals surface area (Å²) in [7, 11) is 0. The van der Waals surface area contributed by atoms with Crippen LogP contribution in [-0.2, 0) is 33.9 Å². The average molecular weight is 868 g/mol. The fourth-order valence-corrected chi connectivity index (χ4v) is 7.17. The van der Waals surface area contributed by atoms with Crippen LogP contribution in [0, 0.1) is 31.4 Å². The van der Waals surface area contributed by atoms with Crippen LogP contribution in [0.1, 0.15) is 82.3 Å². The van der Waals surface area contributed by atoms with Crippen LogP contribution in [0.4, 0.5) is 0 Å². The number of nitrogens with zero attached hydrogens (tertiary/aromatic N) is 4. The third-order valence-corrected chi connectivity index (χ3v) is 9.77. The molecule has 7 rings (SSSR count). The van der Waals surface area contributed by atoms with Crippen LogP contribution in [0.2, 0.25) is 0 Å². The van der Waals surface area contributed by atoms with Crippen LogP contribution < -0.4 is 4.74 Å². The van der Waals surface area contributed by atoms with Crippen LogP contribution >= 0.6 is 0 Å². The van der Waals surface area contributed by atoms with Gasteiger partial charge in [0.15, 0.2) is 0 Å². The Balaban J connectivity index is 0.00000464. The van der Waals surface area contributed by atoms with E-state index in [9.17, 15) is 0 Å². The van der Waals surface area contributed by atoms with Crippen molar-refractivity contribution in [3.63, 3.8) is 0 Å². The first kappa shape index (κ1) is 37.3. The first-order valence-electron chi connectivity index (χ1n) is 18.5. The fourth-order valence-electron chi connectivity index (χ4n) is 7.17. The summed E-state index contributed by atoms with van der Waals surface area (Å²) in [6.45, 7) is 13.4. The zero-order valence-corrected chi connectivity index (χ0v) is 33.5. The molecule has 0 amide bonds. The monoisotopic (exact) mass is 867 g/mol. The number of hydrogen-bond donors (Lipinski definition) is 0. The fraction of sp³-hybridized carbons (Fsp3) is 0.304. The second-order valence-electron chi connectivity index (χ2n) is 15.0. The molecular formula is C46H48N4OPt. The summed E-state index contributed by atoms with van der Waals surface area (Å²) in [4.78, 5) is 4.88. The summed E-state index contributed by atoms with van der Waals surface area (Å²) in [5.74, 6) is 2.14. The molecule has 0 radical (unpaired) electrons. The Morgan fingerprint density at radius 2 is 1.52 bits per heavy atom. The summed E-state index contributed by atoms with van der Waals surface area (Å²) in [5, 5.41) is 7.25. The van der Waals surface area contributed by atoms with Gasteiger partial charge in [0.1, 0.15) is 5.82 Å². The normalized spacial score (nSPS) is 11.7. The van der Waals surface area contributed by atoms with Crippen molar-refractivity contribution in [2.45, 2.75) is 86.5 Å². The first-order valence-corrected chi connectivity index (χ1v) is 18.5. The van der Waals surface area contributed by atoms with E-state index < -0.39 is 0 Å². The number of ether oxygens (including phenoxy) is 1. The largest absolute Gasteiger partial charge is 2.00 e. The van der Waals surface area contributed by atoms with Crippen molar-refractivity contribution in [3.8, 4) is 34.1 Å². The summed E-state index contributed by atoms with van der Waals surface area (Å²) in [6, 6.07) is 38.9. The maximum absolute atomic E-state index is 6.50. The molecule has 52 heavy (non-hydrogen) atoms. The van der Waals surface area contributed by atoms with Crippen LogP contribution in [0.3, 0.4) is 0 Å². The molecule has 0 N–H and O–H groups in total. The van der Waals surface area contributed by atoms with E-state index in [1.807, 2.05) is 41.2 Å². The van der Waals surface area contributed by atoms with Crippen LogP contribution in [0.5, 0.6) is 11.5 Å². The molecule has 0 spiro atoms. The van der Waals surface area contributed by atoms with Crippen molar-refractivity contribution in [1.29, 1.82) is 0 Å². The topological polar surface area (TPSA) is 44.9 Å². The molecule has 3 aromatic heterocycles. The van der Waals surface area contributed by atoms with E-state index in [-0.39, 0.29) is 21.1 Å². The molecule has 6 heteroatoms. The SMILES string of the molecule is CCCCc1ccnc(-n2c3[c-]c(Oc4[c-]c(-n5nc(C)c(-c6ccccc6)c5C)ccc4)ccc3c3cc(CCCCC(C)(C)C)ccc32)c1.[Pt+2]. The average Bonchev–Trinajstić information content (AvgIpc) is 3.61. The maximum atomic E-state index is 6.50. The second-order valence-corrected chi connectivity index (χ2v) is 15.0. The molecule has 268 valence electrons. The third kappa shape index (κ3) is 8.11. The minimum Gasteiger partial charge on any atom is -0.509 e. The molecule has 0 fully saturated rings. The van der Waals surface area contributed by atoms with Gasteiger partial charge in [0.2, 0.25) is 0 Å². The molecule has 0 aliphatic heterocycles. The molecule has 0 unspecified atom stereocenters. The van der Waals surface area contributed by atoms with Crippen molar-refractivity contribution in [3.05, 3.63) is 132 Å². The maximum Gasteiger partial charge on any atom is 2.00 e. The summed E-state index contributed by atoms with van der Waals surface area (Å²) in [5.41, 5.74) is 10.3. The summed E-state index contributed by atoms with van der Waals surface area (Å²) >= 11 is 0. The molecule has 0 saturated heterocycles. The quantitative estimate of drug-likeness (QED) is 0.0908. The Kier molecular flexibility index (Phi) is 11.5. The van der Waals surface area contributed by atoms with E-state index in [4.69, 9.17) is 14.8 Å². The summed E-state index contributed by atoms with van der Waals surface area (Å²) < 4.78 is 10.7. The van der Waals surface area contributed by atoms with Crippen molar-refractivity contribution >= 4 is 21.8 Å². The number of pyridine rings is 1. The molecule has 3 heterocycles. The van der Waals surface area contributed by atoms with E-state index in [1.165, 1.54) is 35.8 Å². The number of benzene rings is 4. The Morgan fingerprint density at radius 1 is 0.750 bits per heavy atom. The van der Waals surface area contributed by atoms with Gasteiger partial charge in [0, 0.05) is 34.5 Å². The van der Waals surface area contributed by atoms with Crippen LogP contribution in [-0.4, -0.2) is 19.3 Å². The molecular weight excluding hydrogens is 820 g/mol. The van der Waals surface area contributed by atoms with E-state index >= 15 is 0 Å². The van der Waals surface area contributed by atoms with E-state index in [1.54, 1.807) is 0 Å². The molecule has 5 nitrogen and oxygen atoms in total. The van der Waals surface area contributed by atoms with Crippen LogP contribution in [0.25, 0.3) is 44.4 Å². The number of aromatic nitrogens is 4. The minimum atomic E-state index is 0. The predicted molar refractivity (Wildman–Crippen MR) is 210 cm³/mol.